The van der Waals surface area contributed by atoms with Crippen LogP contribution in [0.25, 0.3) is 10.8 Å². The quantitative estimate of drug-likeness (QED) is 0.860. The molecule has 2 rings (SSSR count). The Morgan fingerprint density at radius 1 is 1.19 bits per heavy atom. The van der Waals surface area contributed by atoms with E-state index < -0.39 is 10.8 Å². The maximum Gasteiger partial charge on any atom is 0.128 e. The summed E-state index contributed by atoms with van der Waals surface area (Å²) >= 11 is 0. The molecule has 0 aromatic heterocycles. The lowest BCUT2D eigenvalue weighted by Gasteiger charge is -2.21. The SMILES string of the molecule is CC(CCS(C)=O)NC(C)c1ccc2ccccc2c1O. The average molecular weight is 305 g/mol. The van der Waals surface area contributed by atoms with E-state index in [2.05, 4.69) is 12.2 Å². The Labute approximate surface area is 128 Å². The first-order valence-corrected chi connectivity index (χ1v) is 8.98. The second-order valence-electron chi connectivity index (χ2n) is 5.58. The van der Waals surface area contributed by atoms with Gasteiger partial charge >= 0.3 is 0 Å². The third-order valence-corrected chi connectivity index (χ3v) is 4.58. The fourth-order valence-corrected chi connectivity index (χ4v) is 3.25. The molecule has 0 saturated heterocycles. The molecule has 2 aromatic carbocycles. The Balaban J connectivity index is 2.14. The predicted octanol–water partition coefficient (Wildman–Crippen LogP) is 3.35. The van der Waals surface area contributed by atoms with Crippen LogP contribution in [0.4, 0.5) is 0 Å². The second kappa shape index (κ2) is 7.05. The van der Waals surface area contributed by atoms with Crippen molar-refractivity contribution in [2.24, 2.45) is 0 Å². The average Bonchev–Trinajstić information content (AvgIpc) is 2.45. The summed E-state index contributed by atoms with van der Waals surface area (Å²) in [5.41, 5.74) is 0.901. The van der Waals surface area contributed by atoms with Crippen molar-refractivity contribution in [2.75, 3.05) is 12.0 Å². The molecule has 3 nitrogen and oxygen atoms in total. The highest BCUT2D eigenvalue weighted by molar-refractivity contribution is 7.84. The van der Waals surface area contributed by atoms with Crippen LogP contribution in [0.1, 0.15) is 31.9 Å². The molecular formula is C17H23NO2S. The van der Waals surface area contributed by atoms with E-state index in [9.17, 15) is 9.32 Å². The molecule has 0 aliphatic heterocycles. The van der Waals surface area contributed by atoms with Crippen LogP contribution < -0.4 is 5.32 Å². The Bertz CT molecular complexity index is 642. The summed E-state index contributed by atoms with van der Waals surface area (Å²) in [6, 6.07) is 12.2. The minimum atomic E-state index is -0.758. The van der Waals surface area contributed by atoms with E-state index in [0.29, 0.717) is 11.5 Å². The zero-order valence-electron chi connectivity index (χ0n) is 12.8. The van der Waals surface area contributed by atoms with Gasteiger partial charge in [0.1, 0.15) is 5.75 Å². The molecule has 3 atom stereocenters. The molecule has 2 aromatic rings. The molecule has 21 heavy (non-hydrogen) atoms. The van der Waals surface area contributed by atoms with E-state index in [-0.39, 0.29) is 12.1 Å². The van der Waals surface area contributed by atoms with Crippen molar-refractivity contribution >= 4 is 21.6 Å². The zero-order chi connectivity index (χ0) is 15.4. The number of rotatable bonds is 6. The first-order valence-electron chi connectivity index (χ1n) is 7.25. The minimum Gasteiger partial charge on any atom is -0.507 e. The van der Waals surface area contributed by atoms with Gasteiger partial charge in [-0.25, -0.2) is 0 Å². The molecule has 0 bridgehead atoms. The molecule has 0 aliphatic rings. The van der Waals surface area contributed by atoms with E-state index >= 15 is 0 Å². The van der Waals surface area contributed by atoms with Gasteiger partial charge in [0.25, 0.3) is 0 Å². The molecule has 0 fully saturated rings. The predicted molar refractivity (Wildman–Crippen MR) is 90.2 cm³/mol. The van der Waals surface area contributed by atoms with Gasteiger partial charge in [0.05, 0.1) is 0 Å². The lowest BCUT2D eigenvalue weighted by Crippen LogP contribution is -2.30. The minimum absolute atomic E-state index is 0.0508. The Hall–Kier alpha value is -1.39. The molecule has 3 unspecified atom stereocenters. The Kier molecular flexibility index (Phi) is 5.37. The Morgan fingerprint density at radius 3 is 2.62 bits per heavy atom. The summed E-state index contributed by atoms with van der Waals surface area (Å²) in [5.74, 6) is 1.05. The monoisotopic (exact) mass is 305 g/mol. The van der Waals surface area contributed by atoms with Crippen molar-refractivity contribution in [1.29, 1.82) is 0 Å². The summed E-state index contributed by atoms with van der Waals surface area (Å²) in [7, 11) is -0.758. The number of fused-ring (bicyclic) bond motifs is 1. The molecule has 114 valence electrons. The highest BCUT2D eigenvalue weighted by Gasteiger charge is 2.15. The van der Waals surface area contributed by atoms with Crippen molar-refractivity contribution in [1.82, 2.24) is 5.32 Å². The smallest absolute Gasteiger partial charge is 0.128 e. The summed E-state index contributed by atoms with van der Waals surface area (Å²) < 4.78 is 11.1. The first kappa shape index (κ1) is 16.0. The molecule has 0 spiro atoms. The van der Waals surface area contributed by atoms with Gasteiger partial charge in [-0.1, -0.05) is 36.4 Å². The largest absolute Gasteiger partial charge is 0.507 e. The first-order chi connectivity index (χ1) is 9.99. The summed E-state index contributed by atoms with van der Waals surface area (Å²) in [6.45, 7) is 4.13. The number of hydrogen-bond acceptors (Lipinski definition) is 3. The van der Waals surface area contributed by atoms with Crippen molar-refractivity contribution in [3.8, 4) is 5.75 Å². The highest BCUT2D eigenvalue weighted by Crippen LogP contribution is 2.32. The molecule has 2 N–H and O–H groups in total. The van der Waals surface area contributed by atoms with Gasteiger partial charge in [-0.05, 0) is 25.7 Å². The van der Waals surface area contributed by atoms with Crippen LogP contribution in [0, 0.1) is 0 Å². The molecule has 0 radical (unpaired) electrons. The van der Waals surface area contributed by atoms with Crippen LogP contribution >= 0.6 is 0 Å². The molecule has 0 amide bonds. The topological polar surface area (TPSA) is 49.3 Å². The second-order valence-corrected chi connectivity index (χ2v) is 7.13. The lowest BCUT2D eigenvalue weighted by atomic mass is 10.0. The number of hydrogen-bond donors (Lipinski definition) is 2. The van der Waals surface area contributed by atoms with Crippen LogP contribution in [0.15, 0.2) is 36.4 Å². The van der Waals surface area contributed by atoms with Crippen molar-refractivity contribution in [3.63, 3.8) is 0 Å². The third kappa shape index (κ3) is 4.05. The maximum absolute atomic E-state index is 11.1. The fraction of sp³-hybridized carbons (Fsp3) is 0.412. The lowest BCUT2D eigenvalue weighted by molar-refractivity contribution is 0.435. The van der Waals surface area contributed by atoms with Crippen LogP contribution in [-0.4, -0.2) is 27.4 Å². The van der Waals surface area contributed by atoms with Gasteiger partial charge in [-0.15, -0.1) is 0 Å². The molecule has 0 heterocycles. The van der Waals surface area contributed by atoms with Crippen molar-refractivity contribution in [3.05, 3.63) is 42.0 Å². The van der Waals surface area contributed by atoms with E-state index in [0.717, 1.165) is 22.8 Å². The number of phenols is 1. The van der Waals surface area contributed by atoms with E-state index in [1.807, 2.05) is 43.3 Å². The molecule has 4 heteroatoms. The van der Waals surface area contributed by atoms with Gasteiger partial charge in [-0.2, -0.15) is 0 Å². The summed E-state index contributed by atoms with van der Waals surface area (Å²) in [6.07, 6.45) is 2.59. The summed E-state index contributed by atoms with van der Waals surface area (Å²) in [5, 5.41) is 15.8. The number of aromatic hydroxyl groups is 1. The van der Waals surface area contributed by atoms with Crippen LogP contribution in [0.3, 0.4) is 0 Å². The van der Waals surface area contributed by atoms with Crippen LogP contribution in [0.5, 0.6) is 5.75 Å². The normalized spacial score (nSPS) is 15.8. The van der Waals surface area contributed by atoms with Gasteiger partial charge in [0.2, 0.25) is 0 Å². The zero-order valence-corrected chi connectivity index (χ0v) is 13.6. The number of phenolic OH excluding ortho intramolecular Hbond substituents is 1. The van der Waals surface area contributed by atoms with Gasteiger partial charge in [0.15, 0.2) is 0 Å². The van der Waals surface area contributed by atoms with Gasteiger partial charge in [-0.3, -0.25) is 4.21 Å². The van der Waals surface area contributed by atoms with E-state index in [1.165, 1.54) is 0 Å². The van der Waals surface area contributed by atoms with Crippen molar-refractivity contribution in [2.45, 2.75) is 32.4 Å². The highest BCUT2D eigenvalue weighted by atomic mass is 32.2. The molecular weight excluding hydrogens is 282 g/mol. The van der Waals surface area contributed by atoms with Gasteiger partial charge < -0.3 is 10.4 Å². The van der Waals surface area contributed by atoms with E-state index in [4.69, 9.17) is 0 Å². The maximum atomic E-state index is 11.1. The number of nitrogens with one attached hydrogen (secondary N) is 1. The fourth-order valence-electron chi connectivity index (χ4n) is 2.56. The standard InChI is InChI=1S/C17H23NO2S/c1-12(10-11-21(3)20)18-13(2)15-9-8-14-6-4-5-7-16(14)17(15)19/h4-9,12-13,18-19H,10-11H2,1-3H3. The third-order valence-electron chi connectivity index (χ3n) is 3.77. The summed E-state index contributed by atoms with van der Waals surface area (Å²) in [4.78, 5) is 0. The Morgan fingerprint density at radius 2 is 1.90 bits per heavy atom. The number of benzene rings is 2. The van der Waals surface area contributed by atoms with Crippen molar-refractivity contribution < 1.29 is 9.32 Å². The van der Waals surface area contributed by atoms with E-state index in [1.54, 1.807) is 6.26 Å². The molecule has 0 saturated carbocycles. The molecule has 0 aliphatic carbocycles. The van der Waals surface area contributed by atoms with Crippen LogP contribution in [0.2, 0.25) is 0 Å². The van der Waals surface area contributed by atoms with Gasteiger partial charge in [0, 0.05) is 45.8 Å². The van der Waals surface area contributed by atoms with Crippen LogP contribution in [-0.2, 0) is 10.8 Å².